The Morgan fingerprint density at radius 3 is 2.53 bits per heavy atom. The quantitative estimate of drug-likeness (QED) is 0.320. The Labute approximate surface area is 198 Å². The predicted molar refractivity (Wildman–Crippen MR) is 133 cm³/mol. The molecule has 3 rings (SSSR count). The van der Waals surface area contributed by atoms with E-state index >= 15 is 0 Å². The van der Waals surface area contributed by atoms with Crippen molar-refractivity contribution in [1.82, 2.24) is 15.5 Å². The molecule has 30 heavy (non-hydrogen) atoms. The summed E-state index contributed by atoms with van der Waals surface area (Å²) in [7, 11) is 0. The van der Waals surface area contributed by atoms with E-state index in [9.17, 15) is 4.79 Å². The van der Waals surface area contributed by atoms with Crippen molar-refractivity contribution in [2.75, 3.05) is 19.6 Å². The number of guanidine groups is 1. The maximum absolute atomic E-state index is 12.7. The first-order valence-corrected chi connectivity index (χ1v) is 11.1. The molecule has 0 aromatic heterocycles. The van der Waals surface area contributed by atoms with E-state index < -0.39 is 0 Å². The van der Waals surface area contributed by atoms with Crippen molar-refractivity contribution >= 4 is 35.8 Å². The SMILES string of the molecule is CCNC(=NCc1ccc(OC(C)C)cc1)NC1CCN(C(=O)C2CCCC2)C1.I. The molecule has 1 unspecified atom stereocenters. The lowest BCUT2D eigenvalue weighted by Gasteiger charge is -2.21. The zero-order valence-corrected chi connectivity index (χ0v) is 20.9. The summed E-state index contributed by atoms with van der Waals surface area (Å²) in [5.41, 5.74) is 1.14. The minimum Gasteiger partial charge on any atom is -0.491 e. The van der Waals surface area contributed by atoms with Crippen LogP contribution in [0.3, 0.4) is 0 Å². The number of amides is 1. The fourth-order valence-corrected chi connectivity index (χ4v) is 4.14. The molecule has 1 heterocycles. The van der Waals surface area contributed by atoms with Gasteiger partial charge in [0.1, 0.15) is 5.75 Å². The second-order valence-electron chi connectivity index (χ2n) is 8.40. The van der Waals surface area contributed by atoms with Gasteiger partial charge in [-0.05, 0) is 57.7 Å². The zero-order valence-electron chi connectivity index (χ0n) is 18.5. The molecule has 2 N–H and O–H groups in total. The Morgan fingerprint density at radius 1 is 1.20 bits per heavy atom. The summed E-state index contributed by atoms with van der Waals surface area (Å²) in [6.45, 7) is 9.17. The summed E-state index contributed by atoms with van der Waals surface area (Å²) in [6.07, 6.45) is 5.69. The van der Waals surface area contributed by atoms with Crippen LogP contribution in [-0.4, -0.2) is 48.5 Å². The zero-order chi connectivity index (χ0) is 20.6. The molecule has 6 nitrogen and oxygen atoms in total. The number of halogens is 1. The molecule has 1 aromatic rings. The summed E-state index contributed by atoms with van der Waals surface area (Å²) in [5, 5.41) is 6.85. The van der Waals surface area contributed by atoms with Gasteiger partial charge in [0, 0.05) is 31.6 Å². The van der Waals surface area contributed by atoms with Gasteiger partial charge in [-0.25, -0.2) is 4.99 Å². The van der Waals surface area contributed by atoms with Crippen molar-refractivity contribution in [2.24, 2.45) is 10.9 Å². The number of likely N-dealkylation sites (tertiary alicyclic amines) is 1. The highest BCUT2D eigenvalue weighted by Gasteiger charge is 2.32. The second-order valence-corrected chi connectivity index (χ2v) is 8.40. The molecule has 1 atom stereocenters. The van der Waals surface area contributed by atoms with Gasteiger partial charge in [-0.2, -0.15) is 0 Å². The highest BCUT2D eigenvalue weighted by molar-refractivity contribution is 14.0. The molecule has 2 aliphatic rings. The van der Waals surface area contributed by atoms with Gasteiger partial charge < -0.3 is 20.3 Å². The summed E-state index contributed by atoms with van der Waals surface area (Å²) in [4.78, 5) is 19.4. The van der Waals surface area contributed by atoms with Crippen LogP contribution in [0.1, 0.15) is 58.4 Å². The summed E-state index contributed by atoms with van der Waals surface area (Å²) >= 11 is 0. The molecule has 1 saturated carbocycles. The van der Waals surface area contributed by atoms with Gasteiger partial charge in [-0.3, -0.25) is 4.79 Å². The Kier molecular flexibility index (Phi) is 10.2. The number of carbonyl (C=O) groups excluding carboxylic acids is 1. The number of aliphatic imine (C=N–C) groups is 1. The highest BCUT2D eigenvalue weighted by atomic mass is 127. The van der Waals surface area contributed by atoms with E-state index in [2.05, 4.69) is 29.7 Å². The summed E-state index contributed by atoms with van der Waals surface area (Å²) in [6, 6.07) is 8.37. The Balaban J connectivity index is 0.00000320. The van der Waals surface area contributed by atoms with Crippen LogP contribution in [0.15, 0.2) is 29.3 Å². The van der Waals surface area contributed by atoms with Crippen molar-refractivity contribution in [3.8, 4) is 5.75 Å². The predicted octanol–water partition coefficient (Wildman–Crippen LogP) is 3.94. The molecule has 168 valence electrons. The van der Waals surface area contributed by atoms with Crippen molar-refractivity contribution in [3.63, 3.8) is 0 Å². The molecule has 0 bridgehead atoms. The van der Waals surface area contributed by atoms with Gasteiger partial charge in [-0.1, -0.05) is 25.0 Å². The number of nitrogens with one attached hydrogen (secondary N) is 2. The molecule has 2 fully saturated rings. The third-order valence-corrected chi connectivity index (χ3v) is 5.60. The van der Waals surface area contributed by atoms with Crippen LogP contribution in [0.5, 0.6) is 5.75 Å². The molecular formula is C23H37IN4O2. The third-order valence-electron chi connectivity index (χ3n) is 5.60. The van der Waals surface area contributed by atoms with E-state index in [1.807, 2.05) is 30.9 Å². The maximum atomic E-state index is 12.7. The lowest BCUT2D eigenvalue weighted by atomic mass is 10.1. The average Bonchev–Trinajstić information content (AvgIpc) is 3.39. The lowest BCUT2D eigenvalue weighted by molar-refractivity contribution is -0.134. The Bertz CT molecular complexity index is 687. The van der Waals surface area contributed by atoms with Gasteiger partial charge in [0.15, 0.2) is 5.96 Å². The van der Waals surface area contributed by atoms with Crippen LogP contribution in [0.25, 0.3) is 0 Å². The molecule has 1 aliphatic carbocycles. The summed E-state index contributed by atoms with van der Waals surface area (Å²) < 4.78 is 5.70. The van der Waals surface area contributed by atoms with Gasteiger partial charge in [-0.15, -0.1) is 24.0 Å². The van der Waals surface area contributed by atoms with Gasteiger partial charge >= 0.3 is 0 Å². The summed E-state index contributed by atoms with van der Waals surface area (Å²) in [5.74, 6) is 2.32. The van der Waals surface area contributed by atoms with Crippen molar-refractivity contribution in [1.29, 1.82) is 0 Å². The first-order chi connectivity index (χ1) is 14.0. The molecule has 1 aromatic carbocycles. The maximum Gasteiger partial charge on any atom is 0.225 e. The number of rotatable bonds is 7. The van der Waals surface area contributed by atoms with Gasteiger partial charge in [0.25, 0.3) is 0 Å². The van der Waals surface area contributed by atoms with Gasteiger partial charge in [0.05, 0.1) is 12.6 Å². The van der Waals surface area contributed by atoms with Gasteiger partial charge in [0.2, 0.25) is 5.91 Å². The standard InChI is InChI=1S/C23H36N4O2.HI/c1-4-24-23(25-15-18-9-11-21(12-10-18)29-17(2)3)26-20-13-14-27(16-20)22(28)19-7-5-6-8-19;/h9-12,17,19-20H,4-8,13-16H2,1-3H3,(H2,24,25,26);1H. The van der Waals surface area contributed by atoms with E-state index in [-0.39, 0.29) is 42.0 Å². The van der Waals surface area contributed by atoms with Crippen molar-refractivity contribution < 1.29 is 9.53 Å². The van der Waals surface area contributed by atoms with Crippen LogP contribution in [0, 0.1) is 5.92 Å². The van der Waals surface area contributed by atoms with Crippen molar-refractivity contribution in [2.45, 2.75) is 71.6 Å². The normalized spacial score (nSPS) is 19.7. The van der Waals surface area contributed by atoms with E-state index in [0.29, 0.717) is 12.5 Å². The van der Waals surface area contributed by atoms with Crippen LogP contribution in [0.2, 0.25) is 0 Å². The topological polar surface area (TPSA) is 66.0 Å². The molecule has 0 radical (unpaired) electrons. The van der Waals surface area contributed by atoms with Crippen LogP contribution in [0.4, 0.5) is 0 Å². The van der Waals surface area contributed by atoms with E-state index in [4.69, 9.17) is 9.73 Å². The first kappa shape index (κ1) is 24.8. The first-order valence-electron chi connectivity index (χ1n) is 11.1. The molecule has 1 aliphatic heterocycles. The smallest absolute Gasteiger partial charge is 0.225 e. The van der Waals surface area contributed by atoms with E-state index in [0.717, 1.165) is 56.2 Å². The molecule has 1 amide bonds. The van der Waals surface area contributed by atoms with Crippen molar-refractivity contribution in [3.05, 3.63) is 29.8 Å². The molecule has 1 saturated heterocycles. The number of nitrogens with zero attached hydrogens (tertiary/aromatic N) is 2. The number of benzene rings is 1. The molecular weight excluding hydrogens is 491 g/mol. The monoisotopic (exact) mass is 528 g/mol. The fourth-order valence-electron chi connectivity index (χ4n) is 4.14. The average molecular weight is 528 g/mol. The highest BCUT2D eigenvalue weighted by Crippen LogP contribution is 2.27. The molecule has 7 heteroatoms. The van der Waals surface area contributed by atoms with E-state index in [1.165, 1.54) is 12.8 Å². The minimum absolute atomic E-state index is 0. The lowest BCUT2D eigenvalue weighted by Crippen LogP contribution is -2.45. The van der Waals surface area contributed by atoms with Crippen LogP contribution >= 0.6 is 24.0 Å². The number of carbonyl (C=O) groups is 1. The van der Waals surface area contributed by atoms with E-state index in [1.54, 1.807) is 0 Å². The third kappa shape index (κ3) is 7.32. The second kappa shape index (κ2) is 12.4. The number of ether oxygens (including phenoxy) is 1. The molecule has 0 spiro atoms. The largest absolute Gasteiger partial charge is 0.491 e. The number of hydrogen-bond donors (Lipinski definition) is 2. The Hall–Kier alpha value is -1.51. The Morgan fingerprint density at radius 2 is 1.90 bits per heavy atom. The fraction of sp³-hybridized carbons (Fsp3) is 0.652. The van der Waals surface area contributed by atoms with Crippen LogP contribution < -0.4 is 15.4 Å². The van der Waals surface area contributed by atoms with Crippen LogP contribution in [-0.2, 0) is 11.3 Å². The number of hydrogen-bond acceptors (Lipinski definition) is 3. The minimum atomic E-state index is 0.